The molecule has 0 aromatic carbocycles. The lowest BCUT2D eigenvalue weighted by Gasteiger charge is -2.49. The van der Waals surface area contributed by atoms with Crippen molar-refractivity contribution in [3.63, 3.8) is 0 Å². The topological polar surface area (TPSA) is 59.2 Å². The molecule has 0 amide bonds. The van der Waals surface area contributed by atoms with Crippen LogP contribution in [0.3, 0.4) is 0 Å². The summed E-state index contributed by atoms with van der Waals surface area (Å²) in [5.74, 6) is 0. The summed E-state index contributed by atoms with van der Waals surface area (Å²) in [6.45, 7) is 16.6. The van der Waals surface area contributed by atoms with E-state index in [2.05, 4.69) is 40.9 Å². The number of hydrogen-bond acceptors (Lipinski definition) is 3. The lowest BCUT2D eigenvalue weighted by Crippen LogP contribution is -2.65. The van der Waals surface area contributed by atoms with Crippen LogP contribution in [-0.4, -0.2) is 39.1 Å². The second-order valence-electron chi connectivity index (χ2n) is 4.61. The van der Waals surface area contributed by atoms with Crippen molar-refractivity contribution in [3.8, 4) is 0 Å². The maximum absolute atomic E-state index is 6.16. The lowest BCUT2D eigenvalue weighted by atomic mass is 10.1. The standard InChI is InChI=1S/C13H28O3Si.C2H4.H2O/c1-5-13(14-6-2)11-9-10-12-17(13,15-7-3)16-8-4;1-2;/h5-12H2,1-4H3;1-2H2;1H2. The quantitative estimate of drug-likeness (QED) is 0.535. The first kappa shape index (κ1) is 22.1. The zero-order valence-electron chi connectivity index (χ0n) is 13.8. The molecule has 0 bridgehead atoms. The van der Waals surface area contributed by atoms with Crippen LogP contribution >= 0.6 is 0 Å². The molecule has 1 heterocycles. The summed E-state index contributed by atoms with van der Waals surface area (Å²) < 4.78 is 18.5. The van der Waals surface area contributed by atoms with Crippen LogP contribution in [0.25, 0.3) is 0 Å². The van der Waals surface area contributed by atoms with Crippen molar-refractivity contribution < 1.29 is 19.1 Å². The van der Waals surface area contributed by atoms with Gasteiger partial charge in [0.15, 0.2) is 0 Å². The summed E-state index contributed by atoms with van der Waals surface area (Å²) in [6.07, 6.45) is 4.57. The van der Waals surface area contributed by atoms with Crippen LogP contribution in [0.1, 0.15) is 53.4 Å². The van der Waals surface area contributed by atoms with Gasteiger partial charge in [0.2, 0.25) is 0 Å². The molecular weight excluding hydrogens is 272 g/mol. The Morgan fingerprint density at radius 2 is 1.50 bits per heavy atom. The van der Waals surface area contributed by atoms with Gasteiger partial charge in [0, 0.05) is 19.8 Å². The zero-order valence-corrected chi connectivity index (χ0v) is 14.8. The van der Waals surface area contributed by atoms with E-state index in [1.54, 1.807) is 0 Å². The van der Waals surface area contributed by atoms with Crippen LogP contribution in [0, 0.1) is 0 Å². The minimum absolute atomic E-state index is 0. The van der Waals surface area contributed by atoms with Gasteiger partial charge in [0.25, 0.3) is 0 Å². The van der Waals surface area contributed by atoms with E-state index in [9.17, 15) is 0 Å². The molecule has 2 N–H and O–H groups in total. The Bertz CT molecular complexity index is 222. The summed E-state index contributed by atoms with van der Waals surface area (Å²) >= 11 is 0. The third-order valence-electron chi connectivity index (χ3n) is 3.78. The Labute approximate surface area is 126 Å². The van der Waals surface area contributed by atoms with Gasteiger partial charge in [-0.1, -0.05) is 19.8 Å². The third kappa shape index (κ3) is 4.67. The molecule has 0 aromatic heterocycles. The molecule has 122 valence electrons. The zero-order chi connectivity index (χ0) is 14.8. The first-order valence-corrected chi connectivity index (χ1v) is 9.64. The predicted octanol–water partition coefficient (Wildman–Crippen LogP) is 3.39. The Balaban J connectivity index is 0. The number of ether oxygens (including phenoxy) is 1. The average molecular weight is 307 g/mol. The van der Waals surface area contributed by atoms with Crippen LogP contribution < -0.4 is 0 Å². The van der Waals surface area contributed by atoms with Crippen LogP contribution in [0.15, 0.2) is 13.2 Å². The highest BCUT2D eigenvalue weighted by Gasteiger charge is 2.58. The van der Waals surface area contributed by atoms with Crippen LogP contribution in [-0.2, 0) is 13.6 Å². The first-order chi connectivity index (χ1) is 9.20. The summed E-state index contributed by atoms with van der Waals surface area (Å²) in [4.78, 5) is 0. The largest absolute Gasteiger partial charge is 0.412 e. The Kier molecular flexibility index (Phi) is 12.6. The highest BCUT2D eigenvalue weighted by atomic mass is 28.4. The average Bonchev–Trinajstić information content (AvgIpc) is 2.44. The van der Waals surface area contributed by atoms with Gasteiger partial charge in [0.1, 0.15) is 5.22 Å². The van der Waals surface area contributed by atoms with Crippen molar-refractivity contribution in [2.75, 3.05) is 19.8 Å². The van der Waals surface area contributed by atoms with Crippen molar-refractivity contribution in [1.29, 1.82) is 0 Å². The van der Waals surface area contributed by atoms with Crippen LogP contribution in [0.5, 0.6) is 0 Å². The Morgan fingerprint density at radius 1 is 0.950 bits per heavy atom. The van der Waals surface area contributed by atoms with Crippen LogP contribution in [0.2, 0.25) is 6.04 Å². The van der Waals surface area contributed by atoms with Gasteiger partial charge in [-0.15, -0.1) is 13.2 Å². The second kappa shape index (κ2) is 11.5. The summed E-state index contributed by atoms with van der Waals surface area (Å²) in [7, 11) is -2.21. The minimum atomic E-state index is -2.21. The Morgan fingerprint density at radius 3 is 1.90 bits per heavy atom. The Hall–Kier alpha value is -0.203. The van der Waals surface area contributed by atoms with E-state index in [0.29, 0.717) is 0 Å². The van der Waals surface area contributed by atoms with Gasteiger partial charge in [0.05, 0.1) is 0 Å². The molecule has 1 rings (SSSR count). The molecule has 0 spiro atoms. The number of rotatable bonds is 7. The fraction of sp³-hybridized carbons (Fsp3) is 0.867. The maximum atomic E-state index is 6.16. The van der Waals surface area contributed by atoms with Gasteiger partial charge < -0.3 is 19.1 Å². The molecule has 0 aromatic rings. The molecule has 1 unspecified atom stereocenters. The van der Waals surface area contributed by atoms with E-state index in [0.717, 1.165) is 38.7 Å². The maximum Gasteiger partial charge on any atom is 0.371 e. The van der Waals surface area contributed by atoms with E-state index in [-0.39, 0.29) is 10.7 Å². The van der Waals surface area contributed by atoms with Crippen molar-refractivity contribution in [2.24, 2.45) is 0 Å². The second-order valence-corrected chi connectivity index (χ2v) is 8.10. The molecule has 0 saturated carbocycles. The minimum Gasteiger partial charge on any atom is -0.412 e. The molecule has 1 aliphatic heterocycles. The van der Waals surface area contributed by atoms with Crippen molar-refractivity contribution >= 4 is 8.56 Å². The van der Waals surface area contributed by atoms with Gasteiger partial charge in [-0.3, -0.25) is 0 Å². The SMILES string of the molecule is C=C.CCOC1(CC)CCCC[Si]1(OCC)OCC.O. The van der Waals surface area contributed by atoms with E-state index < -0.39 is 8.56 Å². The highest BCUT2D eigenvalue weighted by molar-refractivity contribution is 6.70. The van der Waals surface area contributed by atoms with Gasteiger partial charge in [-0.25, -0.2) is 0 Å². The molecular formula is C15H34O4Si. The fourth-order valence-corrected chi connectivity index (χ4v) is 7.57. The molecule has 1 fully saturated rings. The monoisotopic (exact) mass is 306 g/mol. The van der Waals surface area contributed by atoms with Gasteiger partial charge >= 0.3 is 8.56 Å². The molecule has 4 nitrogen and oxygen atoms in total. The van der Waals surface area contributed by atoms with Crippen LogP contribution in [0.4, 0.5) is 0 Å². The normalized spacial score (nSPS) is 24.2. The predicted molar refractivity (Wildman–Crippen MR) is 87.2 cm³/mol. The molecule has 0 aliphatic carbocycles. The van der Waals surface area contributed by atoms with E-state index in [4.69, 9.17) is 13.6 Å². The summed E-state index contributed by atoms with van der Waals surface area (Å²) in [5, 5.41) is -0.119. The molecule has 5 heteroatoms. The van der Waals surface area contributed by atoms with Crippen molar-refractivity contribution in [2.45, 2.75) is 64.6 Å². The summed E-state index contributed by atoms with van der Waals surface area (Å²) in [6, 6.07) is 1.09. The number of hydrogen-bond donors (Lipinski definition) is 0. The molecule has 1 aliphatic rings. The molecule has 0 radical (unpaired) electrons. The third-order valence-corrected chi connectivity index (χ3v) is 8.44. The lowest BCUT2D eigenvalue weighted by molar-refractivity contribution is -0.0426. The smallest absolute Gasteiger partial charge is 0.371 e. The van der Waals surface area contributed by atoms with E-state index in [1.807, 2.05) is 0 Å². The van der Waals surface area contributed by atoms with Gasteiger partial charge in [-0.2, -0.15) is 0 Å². The molecule has 1 saturated heterocycles. The van der Waals surface area contributed by atoms with Crippen molar-refractivity contribution in [3.05, 3.63) is 13.2 Å². The highest BCUT2D eigenvalue weighted by Crippen LogP contribution is 2.42. The van der Waals surface area contributed by atoms with E-state index >= 15 is 0 Å². The van der Waals surface area contributed by atoms with Crippen molar-refractivity contribution in [1.82, 2.24) is 0 Å². The fourth-order valence-electron chi connectivity index (χ4n) is 3.11. The van der Waals surface area contributed by atoms with Gasteiger partial charge in [-0.05, 0) is 39.7 Å². The molecule has 1 atom stereocenters. The molecule has 20 heavy (non-hydrogen) atoms. The summed E-state index contributed by atoms with van der Waals surface area (Å²) in [5.41, 5.74) is 0. The van der Waals surface area contributed by atoms with E-state index in [1.165, 1.54) is 12.8 Å². The first-order valence-electron chi connectivity index (χ1n) is 7.62.